The largest absolute Gasteiger partial charge is 0.374 e. The second-order valence-corrected chi connectivity index (χ2v) is 7.35. The van der Waals surface area contributed by atoms with Crippen LogP contribution in [0.1, 0.15) is 55.5 Å². The molecule has 2 aromatic rings. The molecule has 0 saturated carbocycles. The zero-order chi connectivity index (χ0) is 18.8. The molecule has 26 heavy (non-hydrogen) atoms. The van der Waals surface area contributed by atoms with Crippen molar-refractivity contribution >= 4 is 17.3 Å². The van der Waals surface area contributed by atoms with E-state index in [0.29, 0.717) is 19.1 Å². The number of hydrogen-bond acceptors (Lipinski definition) is 4. The maximum Gasteiger partial charge on any atom is 0.191 e. The van der Waals surface area contributed by atoms with E-state index in [0.717, 1.165) is 24.6 Å². The highest BCUT2D eigenvalue weighted by molar-refractivity contribution is 7.09. The van der Waals surface area contributed by atoms with Crippen LogP contribution in [0.3, 0.4) is 0 Å². The number of rotatable bonds is 9. The molecule has 142 valence electrons. The van der Waals surface area contributed by atoms with Crippen LogP contribution in [0.4, 0.5) is 0 Å². The fourth-order valence-electron chi connectivity index (χ4n) is 2.42. The molecule has 1 aromatic carbocycles. The molecule has 6 heteroatoms. The minimum atomic E-state index is 0.119. The fraction of sp³-hybridized carbons (Fsp3) is 0.500. The number of thiazole rings is 1. The Labute approximate surface area is 160 Å². The van der Waals surface area contributed by atoms with Gasteiger partial charge in [-0.05, 0) is 18.9 Å². The number of guanidine groups is 1. The molecule has 2 N–H and O–H groups in total. The van der Waals surface area contributed by atoms with Crippen molar-refractivity contribution < 1.29 is 4.74 Å². The van der Waals surface area contributed by atoms with Crippen LogP contribution in [0.25, 0.3) is 0 Å². The van der Waals surface area contributed by atoms with Gasteiger partial charge in [0.05, 0.1) is 23.4 Å². The molecular formula is C20H30N4OS. The Morgan fingerprint density at radius 1 is 1.19 bits per heavy atom. The molecule has 0 fully saturated rings. The summed E-state index contributed by atoms with van der Waals surface area (Å²) >= 11 is 1.71. The third kappa shape index (κ3) is 6.77. The average molecular weight is 375 g/mol. The monoisotopic (exact) mass is 374 g/mol. The van der Waals surface area contributed by atoms with Crippen LogP contribution in [-0.4, -0.2) is 31.1 Å². The number of nitrogens with one attached hydrogen (secondary N) is 2. The van der Waals surface area contributed by atoms with Gasteiger partial charge in [-0.2, -0.15) is 0 Å². The lowest BCUT2D eigenvalue weighted by Crippen LogP contribution is -2.37. The Hall–Kier alpha value is -1.92. The van der Waals surface area contributed by atoms with Crippen molar-refractivity contribution in [1.29, 1.82) is 0 Å². The van der Waals surface area contributed by atoms with Crippen LogP contribution in [0, 0.1) is 0 Å². The number of aliphatic imine (C=N–C) groups is 1. The van der Waals surface area contributed by atoms with E-state index in [1.54, 1.807) is 18.4 Å². The number of benzene rings is 1. The van der Waals surface area contributed by atoms with Gasteiger partial charge in [0.1, 0.15) is 0 Å². The number of ether oxygens (including phenoxy) is 1. The molecule has 2 rings (SSSR count). The molecule has 0 aliphatic carbocycles. The van der Waals surface area contributed by atoms with E-state index >= 15 is 0 Å². The van der Waals surface area contributed by atoms with Crippen LogP contribution < -0.4 is 10.6 Å². The van der Waals surface area contributed by atoms with E-state index in [2.05, 4.69) is 58.9 Å². The van der Waals surface area contributed by atoms with Crippen LogP contribution in [-0.2, 0) is 11.3 Å². The Balaban J connectivity index is 1.62. The summed E-state index contributed by atoms with van der Waals surface area (Å²) in [6.07, 6.45) is 1.04. The molecule has 1 unspecified atom stereocenters. The summed E-state index contributed by atoms with van der Waals surface area (Å²) in [5.74, 6) is 1.27. The molecule has 0 radical (unpaired) electrons. The van der Waals surface area contributed by atoms with Crippen molar-refractivity contribution in [2.75, 3.05) is 20.2 Å². The van der Waals surface area contributed by atoms with Gasteiger partial charge in [-0.25, -0.2) is 4.98 Å². The predicted octanol–water partition coefficient (Wildman–Crippen LogP) is 4.10. The number of nitrogens with zero attached hydrogens (tertiary/aromatic N) is 2. The third-order valence-electron chi connectivity index (χ3n) is 3.97. The number of hydrogen-bond donors (Lipinski definition) is 2. The second-order valence-electron chi connectivity index (χ2n) is 6.46. The summed E-state index contributed by atoms with van der Waals surface area (Å²) in [4.78, 5) is 8.88. The Morgan fingerprint density at radius 2 is 1.96 bits per heavy atom. The van der Waals surface area contributed by atoms with E-state index in [4.69, 9.17) is 4.74 Å². The van der Waals surface area contributed by atoms with E-state index in [1.165, 1.54) is 10.6 Å². The topological polar surface area (TPSA) is 58.5 Å². The highest BCUT2D eigenvalue weighted by Gasteiger charge is 2.07. The number of aromatic nitrogens is 1. The summed E-state index contributed by atoms with van der Waals surface area (Å²) < 4.78 is 5.89. The highest BCUT2D eigenvalue weighted by Crippen LogP contribution is 2.19. The van der Waals surface area contributed by atoms with Gasteiger partial charge in [-0.1, -0.05) is 44.2 Å². The van der Waals surface area contributed by atoms with Crippen molar-refractivity contribution in [2.24, 2.45) is 4.99 Å². The lowest BCUT2D eigenvalue weighted by Gasteiger charge is -2.14. The molecule has 1 heterocycles. The van der Waals surface area contributed by atoms with E-state index in [9.17, 15) is 0 Å². The van der Waals surface area contributed by atoms with Gasteiger partial charge in [0, 0.05) is 31.5 Å². The maximum atomic E-state index is 5.89. The SMILES string of the molecule is CN=C(NCCCOC(C)c1ccccc1)NCc1csc(C(C)C)n1. The van der Waals surface area contributed by atoms with Crippen LogP contribution in [0.2, 0.25) is 0 Å². The van der Waals surface area contributed by atoms with Crippen molar-refractivity contribution in [3.63, 3.8) is 0 Å². The van der Waals surface area contributed by atoms with Crippen LogP contribution in [0.15, 0.2) is 40.7 Å². The zero-order valence-electron chi connectivity index (χ0n) is 16.2. The smallest absolute Gasteiger partial charge is 0.191 e. The van der Waals surface area contributed by atoms with Crippen LogP contribution in [0.5, 0.6) is 0 Å². The van der Waals surface area contributed by atoms with Gasteiger partial charge in [-0.3, -0.25) is 4.99 Å². The standard InChI is InChI=1S/C20H30N4OS/c1-15(2)19-24-18(14-26-19)13-23-20(21-4)22-11-8-12-25-16(3)17-9-6-5-7-10-17/h5-7,9-10,14-16H,8,11-13H2,1-4H3,(H2,21,22,23). The quantitative estimate of drug-likeness (QED) is 0.394. The summed E-state index contributed by atoms with van der Waals surface area (Å²) in [5, 5.41) is 9.90. The first-order valence-corrected chi connectivity index (χ1v) is 10.0. The van der Waals surface area contributed by atoms with Crippen molar-refractivity contribution in [3.8, 4) is 0 Å². The Kier molecular flexibility index (Phi) is 8.58. The first kappa shape index (κ1) is 20.4. The first-order chi connectivity index (χ1) is 12.6. The molecule has 5 nitrogen and oxygen atoms in total. The van der Waals surface area contributed by atoms with Crippen molar-refractivity contribution in [1.82, 2.24) is 15.6 Å². The summed E-state index contributed by atoms with van der Waals surface area (Å²) in [7, 11) is 1.78. The lowest BCUT2D eigenvalue weighted by molar-refractivity contribution is 0.0646. The summed E-state index contributed by atoms with van der Waals surface area (Å²) in [6.45, 7) is 8.63. The molecular weight excluding hydrogens is 344 g/mol. The normalized spacial score (nSPS) is 13.0. The Morgan fingerprint density at radius 3 is 2.62 bits per heavy atom. The van der Waals surface area contributed by atoms with Crippen LogP contribution >= 0.6 is 11.3 Å². The maximum absolute atomic E-state index is 5.89. The lowest BCUT2D eigenvalue weighted by atomic mass is 10.1. The van der Waals surface area contributed by atoms with Gasteiger partial charge >= 0.3 is 0 Å². The fourth-order valence-corrected chi connectivity index (χ4v) is 3.26. The molecule has 1 atom stereocenters. The Bertz CT molecular complexity index is 669. The van der Waals surface area contributed by atoms with Gasteiger partial charge in [-0.15, -0.1) is 11.3 Å². The van der Waals surface area contributed by atoms with Gasteiger partial charge in [0.15, 0.2) is 5.96 Å². The van der Waals surface area contributed by atoms with Gasteiger partial charge in [0.25, 0.3) is 0 Å². The molecule has 0 aliphatic heterocycles. The third-order valence-corrected chi connectivity index (χ3v) is 5.17. The minimum Gasteiger partial charge on any atom is -0.374 e. The molecule has 1 aromatic heterocycles. The van der Waals surface area contributed by atoms with E-state index in [-0.39, 0.29) is 6.10 Å². The second kappa shape index (κ2) is 10.9. The predicted molar refractivity (Wildman–Crippen MR) is 110 cm³/mol. The van der Waals surface area contributed by atoms with Gasteiger partial charge < -0.3 is 15.4 Å². The van der Waals surface area contributed by atoms with E-state index in [1.807, 2.05) is 18.2 Å². The van der Waals surface area contributed by atoms with Gasteiger partial charge in [0.2, 0.25) is 0 Å². The van der Waals surface area contributed by atoms with Crippen molar-refractivity contribution in [2.45, 2.75) is 45.8 Å². The zero-order valence-corrected chi connectivity index (χ0v) is 17.0. The molecule has 0 saturated heterocycles. The average Bonchev–Trinajstić information content (AvgIpc) is 3.14. The molecule has 0 amide bonds. The molecule has 0 spiro atoms. The summed E-state index contributed by atoms with van der Waals surface area (Å²) in [6, 6.07) is 10.3. The highest BCUT2D eigenvalue weighted by atomic mass is 32.1. The van der Waals surface area contributed by atoms with E-state index < -0.39 is 0 Å². The first-order valence-electron chi connectivity index (χ1n) is 9.15. The summed E-state index contributed by atoms with van der Waals surface area (Å²) in [5.41, 5.74) is 2.27. The van der Waals surface area contributed by atoms with Crippen molar-refractivity contribution in [3.05, 3.63) is 52.0 Å². The molecule has 0 aliphatic rings. The minimum absolute atomic E-state index is 0.119. The molecule has 0 bridgehead atoms.